The largest absolute Gasteiger partial charge is 0.265 e. The lowest BCUT2D eigenvalue weighted by molar-refractivity contribution is 0.772. The predicted octanol–water partition coefficient (Wildman–Crippen LogP) is 10.9. The summed E-state index contributed by atoms with van der Waals surface area (Å²) >= 11 is 0. The van der Waals surface area contributed by atoms with Gasteiger partial charge in [0, 0.05) is 37.2 Å². The minimum Gasteiger partial charge on any atom is -0.265 e. The third kappa shape index (κ3) is 46.9. The van der Waals surface area contributed by atoms with Crippen LogP contribution in [0.4, 0.5) is 0 Å². The molecule has 0 saturated heterocycles. The quantitative estimate of drug-likeness (QED) is 0.330. The van der Waals surface area contributed by atoms with Crippen LogP contribution in [0, 0.1) is 20.8 Å². The monoisotopic (exact) mass is 507 g/mol. The molecule has 0 bridgehead atoms. The average Bonchev–Trinajstić information content (AvgIpc) is 2.94. The second-order valence-electron chi connectivity index (χ2n) is 7.60. The van der Waals surface area contributed by atoms with Crippen LogP contribution in [0.2, 0.25) is 0 Å². The van der Waals surface area contributed by atoms with Gasteiger partial charge in [0.1, 0.15) is 0 Å². The van der Waals surface area contributed by atoms with Gasteiger partial charge in [-0.25, -0.2) is 0 Å². The van der Waals surface area contributed by atoms with E-state index in [2.05, 4.69) is 61.4 Å². The van der Waals surface area contributed by atoms with Gasteiger partial charge < -0.3 is 0 Å². The molecule has 3 aromatic rings. The lowest BCUT2D eigenvalue weighted by Crippen LogP contribution is -1.68. The molecule has 3 nitrogen and oxygen atoms in total. The molecule has 208 valence electrons. The number of aryl methyl sites for hydroxylation is 3. The topological polar surface area (TPSA) is 38.7 Å². The zero-order valence-electron chi connectivity index (χ0n) is 25.7. The van der Waals surface area contributed by atoms with Crippen LogP contribution in [-0.4, -0.2) is 15.0 Å². The smallest absolute Gasteiger partial charge is 0.0270 e. The molecule has 0 aliphatic carbocycles. The van der Waals surface area contributed by atoms with Gasteiger partial charge in [0.05, 0.1) is 0 Å². The Morgan fingerprint density at radius 3 is 0.919 bits per heavy atom. The van der Waals surface area contributed by atoms with Crippen LogP contribution in [0.15, 0.2) is 98.4 Å². The second-order valence-corrected chi connectivity index (χ2v) is 7.60. The molecular formula is C34H57N3. The number of unbranched alkanes of at least 4 members (excludes halogenated alkanes) is 2. The van der Waals surface area contributed by atoms with Crippen LogP contribution in [0.5, 0.6) is 0 Å². The Kier molecular flexibility index (Phi) is 44.5. The van der Waals surface area contributed by atoms with Crippen molar-refractivity contribution in [2.24, 2.45) is 0 Å². The molecule has 0 aliphatic rings. The molecule has 37 heavy (non-hydrogen) atoms. The summed E-state index contributed by atoms with van der Waals surface area (Å²) in [6.45, 7) is 24.3. The zero-order valence-corrected chi connectivity index (χ0v) is 25.7. The van der Waals surface area contributed by atoms with Crippen molar-refractivity contribution in [1.29, 1.82) is 0 Å². The van der Waals surface area contributed by atoms with E-state index in [0.717, 1.165) is 12.8 Å². The number of nitrogens with zero attached hydrogens (tertiary/aromatic N) is 3. The molecule has 3 aromatic heterocycles. The molecule has 0 N–H and O–H groups in total. The molecule has 0 unspecified atom stereocenters. The van der Waals surface area contributed by atoms with Crippen molar-refractivity contribution in [3.8, 4) is 0 Å². The van der Waals surface area contributed by atoms with Gasteiger partial charge in [0.25, 0.3) is 0 Å². The van der Waals surface area contributed by atoms with Crippen molar-refractivity contribution < 1.29 is 0 Å². The van der Waals surface area contributed by atoms with Crippen LogP contribution < -0.4 is 0 Å². The van der Waals surface area contributed by atoms with E-state index in [1.807, 2.05) is 84.0 Å². The molecule has 0 amide bonds. The lowest BCUT2D eigenvalue weighted by atomic mass is 10.3. The van der Waals surface area contributed by atoms with E-state index >= 15 is 0 Å². The molecule has 3 heteroatoms. The third-order valence-corrected chi connectivity index (χ3v) is 4.01. The fourth-order valence-corrected chi connectivity index (χ4v) is 1.87. The summed E-state index contributed by atoms with van der Waals surface area (Å²) in [5.41, 5.74) is 3.78. The zero-order chi connectivity index (χ0) is 29.0. The van der Waals surface area contributed by atoms with Crippen LogP contribution in [0.25, 0.3) is 0 Å². The Morgan fingerprint density at radius 2 is 0.865 bits per heavy atom. The molecule has 0 fully saturated rings. The number of rotatable bonds is 4. The Labute approximate surface area is 231 Å². The van der Waals surface area contributed by atoms with Crippen molar-refractivity contribution in [2.45, 2.75) is 101 Å². The van der Waals surface area contributed by atoms with Crippen LogP contribution in [-0.2, 0) is 0 Å². The van der Waals surface area contributed by atoms with Gasteiger partial charge in [-0.1, -0.05) is 79.0 Å². The summed E-state index contributed by atoms with van der Waals surface area (Å²) in [7, 11) is 0. The van der Waals surface area contributed by atoms with Gasteiger partial charge in [-0.3, -0.25) is 15.0 Å². The maximum atomic E-state index is 3.85. The van der Waals surface area contributed by atoms with E-state index in [1.165, 1.54) is 36.0 Å². The highest BCUT2D eigenvalue weighted by Crippen LogP contribution is 1.90. The minimum atomic E-state index is 1.08. The first kappa shape index (κ1) is 41.1. The van der Waals surface area contributed by atoms with Crippen molar-refractivity contribution in [1.82, 2.24) is 15.0 Å². The van der Waals surface area contributed by atoms with E-state index < -0.39 is 0 Å². The van der Waals surface area contributed by atoms with E-state index in [9.17, 15) is 0 Å². The maximum Gasteiger partial charge on any atom is 0.0270 e. The molecule has 3 rings (SSSR count). The predicted molar refractivity (Wildman–Crippen MR) is 169 cm³/mol. The highest BCUT2D eigenvalue weighted by atomic mass is 14.6. The SMILES string of the molecule is C/C=C/CC.C=CCC.CC.CCCCC.Cc1ccncc1.Cc1ccncc1.Cc1ccncc1. The summed E-state index contributed by atoms with van der Waals surface area (Å²) in [6, 6.07) is 11.8. The van der Waals surface area contributed by atoms with E-state index in [4.69, 9.17) is 0 Å². The van der Waals surface area contributed by atoms with Crippen LogP contribution in [0.3, 0.4) is 0 Å². The highest BCUT2D eigenvalue weighted by Gasteiger charge is 1.74. The first-order valence-electron chi connectivity index (χ1n) is 13.7. The summed E-state index contributed by atoms with van der Waals surface area (Å²) < 4.78 is 0. The minimum absolute atomic E-state index is 1.08. The Hall–Kier alpha value is -3.07. The molecule has 3 heterocycles. The number of aromatic nitrogens is 3. The Bertz CT molecular complexity index is 679. The van der Waals surface area contributed by atoms with Gasteiger partial charge >= 0.3 is 0 Å². The lowest BCUT2D eigenvalue weighted by Gasteiger charge is -1.82. The van der Waals surface area contributed by atoms with Gasteiger partial charge in [-0.2, -0.15) is 0 Å². The summed E-state index contributed by atoms with van der Waals surface area (Å²) in [5, 5.41) is 0. The summed E-state index contributed by atoms with van der Waals surface area (Å²) in [5.74, 6) is 0. The number of allylic oxidation sites excluding steroid dienone is 3. The van der Waals surface area contributed by atoms with E-state index in [1.54, 1.807) is 37.2 Å². The molecule has 0 atom stereocenters. The Balaban J connectivity index is -0.000000176. The highest BCUT2D eigenvalue weighted by molar-refractivity contribution is 5.06. The van der Waals surface area contributed by atoms with Crippen LogP contribution >= 0.6 is 0 Å². The Morgan fingerprint density at radius 1 is 0.595 bits per heavy atom. The number of hydrogen-bond acceptors (Lipinski definition) is 3. The fourth-order valence-electron chi connectivity index (χ4n) is 1.87. The third-order valence-electron chi connectivity index (χ3n) is 4.01. The standard InChI is InChI=1S/3C6H7N.C5H12.C5H10.C4H8.C2H6/c3*1-6-2-4-7-5-3-6;2*1-3-5-4-2;1-3-4-2;1-2/h3*2-5H,1H3;3-5H2,1-2H3;3,5H,4H2,1-2H3;3H,1,4H2,2H3;1-2H3/b;;;;5-3+;;. The van der Waals surface area contributed by atoms with Gasteiger partial charge in [-0.15, -0.1) is 6.58 Å². The average molecular weight is 508 g/mol. The van der Waals surface area contributed by atoms with Crippen molar-refractivity contribution >= 4 is 0 Å². The molecule has 0 aliphatic heterocycles. The fraction of sp³-hybridized carbons (Fsp3) is 0.441. The molecule has 0 radical (unpaired) electrons. The van der Waals surface area contributed by atoms with Crippen LogP contribution in [0.1, 0.15) is 97.3 Å². The van der Waals surface area contributed by atoms with Gasteiger partial charge in [0.15, 0.2) is 0 Å². The van der Waals surface area contributed by atoms with Gasteiger partial charge in [-0.05, 0) is 93.6 Å². The normalized spacial score (nSPS) is 8.27. The van der Waals surface area contributed by atoms with Crippen molar-refractivity contribution in [3.05, 3.63) is 115 Å². The molecule has 0 saturated carbocycles. The number of pyridine rings is 3. The van der Waals surface area contributed by atoms with Crippen molar-refractivity contribution in [3.63, 3.8) is 0 Å². The molecule has 0 aromatic carbocycles. The van der Waals surface area contributed by atoms with E-state index in [0.29, 0.717) is 0 Å². The maximum absolute atomic E-state index is 3.85. The van der Waals surface area contributed by atoms with Gasteiger partial charge in [0.2, 0.25) is 0 Å². The molecule has 0 spiro atoms. The van der Waals surface area contributed by atoms with E-state index in [-0.39, 0.29) is 0 Å². The first-order valence-corrected chi connectivity index (χ1v) is 13.7. The first-order chi connectivity index (χ1) is 17.9. The second kappa shape index (κ2) is 40.1. The number of hydrogen-bond donors (Lipinski definition) is 0. The van der Waals surface area contributed by atoms with Crippen molar-refractivity contribution in [2.75, 3.05) is 0 Å². The molecular weight excluding hydrogens is 450 g/mol. The summed E-state index contributed by atoms with van der Waals surface area (Å²) in [4.78, 5) is 11.5. The summed E-state index contributed by atoms with van der Waals surface area (Å²) in [6.07, 6.45) is 23.1.